The van der Waals surface area contributed by atoms with Crippen LogP contribution in [0.1, 0.15) is 65.7 Å². The van der Waals surface area contributed by atoms with Gasteiger partial charge in [0.2, 0.25) is 12.2 Å². The monoisotopic (exact) mass is 419 g/mol. The lowest BCUT2D eigenvalue weighted by Crippen LogP contribution is -2.40. The number of carboxylic acid groups (broad SMARTS) is 1. The van der Waals surface area contributed by atoms with Gasteiger partial charge in [0.05, 0.1) is 12.1 Å². The molecule has 0 radical (unpaired) electrons. The van der Waals surface area contributed by atoms with Gasteiger partial charge in [0, 0.05) is 0 Å². The van der Waals surface area contributed by atoms with E-state index in [0.29, 0.717) is 24.0 Å². The molecule has 7 heteroatoms. The molecule has 0 bridgehead atoms. The number of aryl methyl sites for hydroxylation is 2. The van der Waals surface area contributed by atoms with Gasteiger partial charge in [-0.15, -0.1) is 0 Å². The van der Waals surface area contributed by atoms with E-state index < -0.39 is 11.4 Å². The van der Waals surface area contributed by atoms with Crippen LogP contribution in [0.25, 0.3) is 0 Å². The fourth-order valence-corrected chi connectivity index (χ4v) is 4.54. The van der Waals surface area contributed by atoms with Crippen molar-refractivity contribution in [3.63, 3.8) is 0 Å². The molecule has 0 aromatic heterocycles. The van der Waals surface area contributed by atoms with E-state index in [1.54, 1.807) is 26.0 Å². The summed E-state index contributed by atoms with van der Waals surface area (Å²) in [6.07, 6.45) is 4.66. The van der Waals surface area contributed by atoms with E-state index in [2.05, 4.69) is 9.98 Å². The van der Waals surface area contributed by atoms with Crippen molar-refractivity contribution >= 4 is 18.1 Å². The minimum Gasteiger partial charge on any atom is -0.480 e. The van der Waals surface area contributed by atoms with E-state index in [9.17, 15) is 19.5 Å². The van der Waals surface area contributed by atoms with E-state index in [-0.39, 0.29) is 25.0 Å². The second kappa shape index (κ2) is 9.19. The van der Waals surface area contributed by atoms with Crippen LogP contribution in [0.2, 0.25) is 0 Å². The first-order valence-electron chi connectivity index (χ1n) is 10.2. The molecule has 0 saturated heterocycles. The summed E-state index contributed by atoms with van der Waals surface area (Å²) in [5.41, 5.74) is 9.49. The Hall–Kier alpha value is -3.37. The number of hydrogen-bond acceptors (Lipinski definition) is 6. The summed E-state index contributed by atoms with van der Waals surface area (Å²) in [5.74, 6) is -0.958. The zero-order valence-corrected chi connectivity index (χ0v) is 17.6. The van der Waals surface area contributed by atoms with Gasteiger partial charge >= 0.3 is 5.97 Å². The summed E-state index contributed by atoms with van der Waals surface area (Å²) < 4.78 is 0. The van der Waals surface area contributed by atoms with Crippen LogP contribution in [-0.4, -0.2) is 29.8 Å². The molecule has 2 aromatic rings. The molecule has 0 saturated carbocycles. The minimum absolute atomic E-state index is 0.201. The Morgan fingerprint density at radius 2 is 1.45 bits per heavy atom. The number of carboxylic acids is 1. The fraction of sp³-hybridized carbons (Fsp3) is 0.375. The molecule has 3 N–H and O–H groups in total. The first-order chi connectivity index (χ1) is 14.9. The zero-order valence-electron chi connectivity index (χ0n) is 17.6. The summed E-state index contributed by atoms with van der Waals surface area (Å²) in [5, 5.41) is 10.5. The molecule has 0 fully saturated rings. The largest absolute Gasteiger partial charge is 0.480 e. The molecule has 2 aromatic carbocycles. The molecule has 160 valence electrons. The predicted molar refractivity (Wildman–Crippen MR) is 115 cm³/mol. The van der Waals surface area contributed by atoms with Gasteiger partial charge in [0.25, 0.3) is 0 Å². The summed E-state index contributed by atoms with van der Waals surface area (Å²) in [4.78, 5) is 41.7. The Bertz CT molecular complexity index is 1020. The highest BCUT2D eigenvalue weighted by Gasteiger charge is 2.45. The number of carbonyl (C=O) groups is 1. The van der Waals surface area contributed by atoms with E-state index >= 15 is 0 Å². The number of fused-ring (bicyclic) bond motifs is 2. The molecule has 1 aliphatic carbocycles. The van der Waals surface area contributed by atoms with Gasteiger partial charge in [-0.3, -0.25) is 4.79 Å². The van der Waals surface area contributed by atoms with Crippen molar-refractivity contribution in [3.8, 4) is 0 Å². The van der Waals surface area contributed by atoms with E-state index in [0.717, 1.165) is 22.3 Å². The Morgan fingerprint density at radius 1 is 1.00 bits per heavy atom. The quantitative estimate of drug-likeness (QED) is 0.527. The van der Waals surface area contributed by atoms with Crippen molar-refractivity contribution in [2.75, 3.05) is 6.54 Å². The Balaban J connectivity index is 2.25. The maximum Gasteiger partial charge on any atom is 0.318 e. The first kappa shape index (κ1) is 22.3. The Morgan fingerprint density at radius 3 is 1.81 bits per heavy atom. The number of aliphatic imine (C=N–C) groups is 2. The van der Waals surface area contributed by atoms with Gasteiger partial charge in [-0.25, -0.2) is 9.59 Å². The molecule has 7 nitrogen and oxygen atoms in total. The molecular weight excluding hydrogens is 394 g/mol. The summed E-state index contributed by atoms with van der Waals surface area (Å²) >= 11 is 0. The lowest BCUT2D eigenvalue weighted by atomic mass is 9.69. The lowest BCUT2D eigenvalue weighted by molar-refractivity contribution is -0.142. The summed E-state index contributed by atoms with van der Waals surface area (Å²) in [6, 6.07) is 10.4. The third-order valence-corrected chi connectivity index (χ3v) is 6.18. The molecule has 3 rings (SSSR count). The number of nitrogens with zero attached hydrogens (tertiary/aromatic N) is 2. The molecule has 0 spiro atoms. The summed E-state index contributed by atoms with van der Waals surface area (Å²) in [6.45, 7) is 3.79. The third kappa shape index (κ3) is 3.99. The highest BCUT2D eigenvalue weighted by Crippen LogP contribution is 2.44. The summed E-state index contributed by atoms with van der Waals surface area (Å²) in [7, 11) is 0. The molecule has 2 unspecified atom stereocenters. The maximum atomic E-state index is 12.8. The highest BCUT2D eigenvalue weighted by atomic mass is 16.4. The molecule has 1 aliphatic rings. The molecule has 0 amide bonds. The van der Waals surface area contributed by atoms with Gasteiger partial charge in [-0.05, 0) is 73.0 Å². The predicted octanol–water partition coefficient (Wildman–Crippen LogP) is 3.30. The van der Waals surface area contributed by atoms with Crippen LogP contribution in [0.3, 0.4) is 0 Å². The van der Waals surface area contributed by atoms with E-state index in [1.165, 1.54) is 0 Å². The number of rotatable bonds is 7. The van der Waals surface area contributed by atoms with Gasteiger partial charge in [0.1, 0.15) is 5.41 Å². The van der Waals surface area contributed by atoms with Gasteiger partial charge < -0.3 is 10.8 Å². The van der Waals surface area contributed by atoms with Gasteiger partial charge in [0.15, 0.2) is 0 Å². The van der Waals surface area contributed by atoms with Crippen molar-refractivity contribution < 1.29 is 19.5 Å². The second-order valence-corrected chi connectivity index (χ2v) is 7.88. The molecule has 31 heavy (non-hydrogen) atoms. The van der Waals surface area contributed by atoms with E-state index in [4.69, 9.17) is 5.73 Å². The Kier molecular flexibility index (Phi) is 6.62. The average molecular weight is 419 g/mol. The van der Waals surface area contributed by atoms with Crippen LogP contribution in [0, 0.1) is 0 Å². The number of benzene rings is 2. The minimum atomic E-state index is -1.29. The third-order valence-electron chi connectivity index (χ3n) is 6.18. The number of hydrogen-bond donors (Lipinski definition) is 2. The first-order valence-corrected chi connectivity index (χ1v) is 10.2. The second-order valence-electron chi connectivity index (χ2n) is 7.88. The van der Waals surface area contributed by atoms with Crippen molar-refractivity contribution in [1.29, 1.82) is 0 Å². The topological polar surface area (TPSA) is 122 Å². The van der Waals surface area contributed by atoms with Crippen LogP contribution in [0.4, 0.5) is 0 Å². The van der Waals surface area contributed by atoms with Crippen molar-refractivity contribution in [3.05, 3.63) is 69.8 Å². The normalized spacial score (nSPS) is 18.9. The molecular formula is C24H25N3O4. The van der Waals surface area contributed by atoms with Crippen LogP contribution in [0.15, 0.2) is 46.4 Å². The number of nitrogens with two attached hydrogens (primary N) is 1. The van der Waals surface area contributed by atoms with Crippen LogP contribution >= 0.6 is 0 Å². The van der Waals surface area contributed by atoms with Crippen molar-refractivity contribution in [2.24, 2.45) is 15.7 Å². The molecule has 0 heterocycles. The zero-order chi connectivity index (χ0) is 22.6. The average Bonchev–Trinajstić information content (AvgIpc) is 2.89. The van der Waals surface area contributed by atoms with Gasteiger partial charge in [-0.2, -0.15) is 9.98 Å². The fourth-order valence-electron chi connectivity index (χ4n) is 4.54. The number of isocyanates is 2. The number of aliphatic carboxylic acids is 1. The smallest absolute Gasteiger partial charge is 0.318 e. The number of carbonyl (C=O) groups excluding carboxylic acids is 2. The van der Waals surface area contributed by atoms with Crippen molar-refractivity contribution in [2.45, 2.75) is 50.6 Å². The Labute approximate surface area is 180 Å². The van der Waals surface area contributed by atoms with Crippen LogP contribution in [-0.2, 0) is 32.6 Å². The highest BCUT2D eigenvalue weighted by molar-refractivity contribution is 5.87. The molecule has 0 aliphatic heterocycles. The maximum absolute atomic E-state index is 12.8. The standard InChI is InChI=1S/C24H25N3O4/c1-15(26-13-28)17-5-7-21-19(11-17)3-4-20-12-18(16(2)27-14-29)6-8-22(20)24(21,9-10-25)23(30)31/h5-8,11-12,15-16H,3-4,9-10,25H2,1-2H3,(H,30,31). The van der Waals surface area contributed by atoms with Crippen LogP contribution in [0.5, 0.6) is 0 Å². The van der Waals surface area contributed by atoms with E-state index in [1.807, 2.05) is 36.4 Å². The van der Waals surface area contributed by atoms with Crippen molar-refractivity contribution in [1.82, 2.24) is 0 Å². The lowest BCUT2D eigenvalue weighted by Gasteiger charge is -2.32. The SMILES string of the molecule is CC(N=C=O)c1ccc2c(c1)CCc1cc(C(C)N=C=O)ccc1C2(CCN)C(=O)O. The van der Waals surface area contributed by atoms with Crippen LogP contribution < -0.4 is 5.73 Å². The molecule has 2 atom stereocenters. The van der Waals surface area contributed by atoms with Gasteiger partial charge in [-0.1, -0.05) is 36.4 Å².